The van der Waals surface area contributed by atoms with Gasteiger partial charge in [-0.2, -0.15) is 10.2 Å². The molecule has 6 aromatic heterocycles. The molecule has 0 saturated carbocycles. The van der Waals surface area contributed by atoms with Gasteiger partial charge in [-0.3, -0.25) is 15.2 Å². The average Bonchev–Trinajstić information content (AvgIpc) is 3.53. The van der Waals surface area contributed by atoms with Gasteiger partial charge in [-0.05, 0) is 18.2 Å². The van der Waals surface area contributed by atoms with Crippen LogP contribution in [0.3, 0.4) is 0 Å². The van der Waals surface area contributed by atoms with E-state index in [0.29, 0.717) is 17.2 Å². The Morgan fingerprint density at radius 2 is 1.96 bits per heavy atom. The first-order valence-electron chi connectivity index (χ1n) is 8.58. The normalized spacial score (nSPS) is 11.6. The summed E-state index contributed by atoms with van der Waals surface area (Å²) in [5, 5.41) is 15.1. The summed E-state index contributed by atoms with van der Waals surface area (Å²) in [4.78, 5) is 17.0. The second-order valence-corrected chi connectivity index (χ2v) is 6.33. The molecule has 0 unspecified atom stereocenters. The summed E-state index contributed by atoms with van der Waals surface area (Å²) >= 11 is 0. The van der Waals surface area contributed by atoms with Gasteiger partial charge in [0.05, 0.1) is 29.6 Å². The van der Waals surface area contributed by atoms with Crippen molar-refractivity contribution in [3.8, 4) is 33.9 Å². The molecule has 0 bridgehead atoms. The van der Waals surface area contributed by atoms with Gasteiger partial charge in [0.1, 0.15) is 16.9 Å². The molecule has 134 valence electrons. The highest BCUT2D eigenvalue weighted by Crippen LogP contribution is 2.31. The average molecular weight is 368 g/mol. The largest absolute Gasteiger partial charge is 0.472 e. The second kappa shape index (κ2) is 5.61. The third-order valence-electron chi connectivity index (χ3n) is 4.67. The van der Waals surface area contributed by atoms with E-state index >= 15 is 0 Å². The molecule has 0 fully saturated rings. The Morgan fingerprint density at radius 3 is 2.82 bits per heavy atom. The molecule has 0 atom stereocenters. The molecule has 9 heteroatoms. The van der Waals surface area contributed by atoms with Crippen LogP contribution in [0.15, 0.2) is 59.9 Å². The van der Waals surface area contributed by atoms with E-state index < -0.39 is 0 Å². The minimum Gasteiger partial charge on any atom is -0.472 e. The first-order chi connectivity index (χ1) is 13.9. The van der Waals surface area contributed by atoms with Gasteiger partial charge < -0.3 is 9.40 Å². The Bertz CT molecular complexity index is 1410. The summed E-state index contributed by atoms with van der Waals surface area (Å²) in [6, 6.07) is 5.77. The monoisotopic (exact) mass is 368 g/mol. The number of furan rings is 1. The van der Waals surface area contributed by atoms with Crippen molar-refractivity contribution in [3.63, 3.8) is 0 Å². The van der Waals surface area contributed by atoms with Crippen LogP contribution in [0.25, 0.3) is 56.0 Å². The maximum atomic E-state index is 5.19. The van der Waals surface area contributed by atoms with Gasteiger partial charge in [-0.25, -0.2) is 9.97 Å². The molecule has 9 nitrogen and oxygen atoms in total. The Hall–Kier alpha value is -4.27. The first-order valence-corrected chi connectivity index (χ1v) is 8.58. The smallest absolute Gasteiger partial charge is 0.159 e. The van der Waals surface area contributed by atoms with Crippen molar-refractivity contribution >= 4 is 22.1 Å². The number of hydrogen-bond donors (Lipinski definition) is 3. The van der Waals surface area contributed by atoms with E-state index in [0.717, 1.165) is 38.8 Å². The van der Waals surface area contributed by atoms with Crippen molar-refractivity contribution in [1.29, 1.82) is 0 Å². The molecule has 0 aromatic carbocycles. The summed E-state index contributed by atoms with van der Waals surface area (Å²) < 4.78 is 5.19. The summed E-state index contributed by atoms with van der Waals surface area (Å²) in [6.07, 6.45) is 10.4. The SMILES string of the molecule is c1cc2[nH]c(-c3n[nH]c4ncc(-c5cn[nH]c5)cc34)nc2c(-c2ccoc2)n1. The highest BCUT2D eigenvalue weighted by Gasteiger charge is 2.17. The molecule has 0 spiro atoms. The molecule has 6 heterocycles. The lowest BCUT2D eigenvalue weighted by Crippen LogP contribution is -1.84. The number of pyridine rings is 2. The zero-order chi connectivity index (χ0) is 18.5. The number of fused-ring (bicyclic) bond motifs is 2. The van der Waals surface area contributed by atoms with Crippen molar-refractivity contribution in [2.24, 2.45) is 0 Å². The predicted octanol–water partition coefficient (Wildman–Crippen LogP) is 3.55. The molecule has 3 N–H and O–H groups in total. The van der Waals surface area contributed by atoms with Crippen LogP contribution in [0.5, 0.6) is 0 Å². The van der Waals surface area contributed by atoms with Crippen molar-refractivity contribution in [2.75, 3.05) is 0 Å². The zero-order valence-corrected chi connectivity index (χ0v) is 14.3. The Morgan fingerprint density at radius 1 is 0.964 bits per heavy atom. The molecular weight excluding hydrogens is 356 g/mol. The zero-order valence-electron chi connectivity index (χ0n) is 14.3. The molecule has 6 aromatic rings. The van der Waals surface area contributed by atoms with Gasteiger partial charge in [-0.1, -0.05) is 0 Å². The van der Waals surface area contributed by atoms with Crippen LogP contribution >= 0.6 is 0 Å². The number of imidazole rings is 1. The van der Waals surface area contributed by atoms with Gasteiger partial charge in [0.25, 0.3) is 0 Å². The third kappa shape index (κ3) is 2.16. The Balaban J connectivity index is 1.55. The molecule has 0 saturated heterocycles. The number of nitrogens with one attached hydrogen (secondary N) is 3. The van der Waals surface area contributed by atoms with Crippen LogP contribution in [0.1, 0.15) is 0 Å². The lowest BCUT2D eigenvalue weighted by Gasteiger charge is -1.97. The summed E-state index contributed by atoms with van der Waals surface area (Å²) in [6.45, 7) is 0. The van der Waals surface area contributed by atoms with Crippen LogP contribution in [0.4, 0.5) is 0 Å². The number of aromatic amines is 3. The van der Waals surface area contributed by atoms with Gasteiger partial charge >= 0.3 is 0 Å². The minimum absolute atomic E-state index is 0.644. The van der Waals surface area contributed by atoms with E-state index in [-0.39, 0.29) is 0 Å². The molecule has 0 aliphatic carbocycles. The van der Waals surface area contributed by atoms with Crippen LogP contribution in [0, 0.1) is 0 Å². The molecule has 28 heavy (non-hydrogen) atoms. The molecular formula is C19H12N8O. The molecule has 0 aliphatic heterocycles. The second-order valence-electron chi connectivity index (χ2n) is 6.33. The predicted molar refractivity (Wildman–Crippen MR) is 102 cm³/mol. The third-order valence-corrected chi connectivity index (χ3v) is 4.67. The van der Waals surface area contributed by atoms with E-state index in [2.05, 4.69) is 35.3 Å². The van der Waals surface area contributed by atoms with Gasteiger partial charge in [-0.15, -0.1) is 0 Å². The Kier molecular flexibility index (Phi) is 2.98. The van der Waals surface area contributed by atoms with Crippen LogP contribution in [0.2, 0.25) is 0 Å². The summed E-state index contributed by atoms with van der Waals surface area (Å²) in [7, 11) is 0. The number of hydrogen-bond acceptors (Lipinski definition) is 6. The topological polar surface area (TPSA) is 125 Å². The molecule has 6 rings (SSSR count). The highest BCUT2D eigenvalue weighted by molar-refractivity contribution is 5.96. The fourth-order valence-electron chi connectivity index (χ4n) is 3.31. The molecule has 0 aliphatic rings. The summed E-state index contributed by atoms with van der Waals surface area (Å²) in [5.74, 6) is 0.644. The van der Waals surface area contributed by atoms with Crippen LogP contribution in [-0.2, 0) is 0 Å². The number of H-pyrrole nitrogens is 3. The van der Waals surface area contributed by atoms with Gasteiger partial charge in [0.2, 0.25) is 0 Å². The van der Waals surface area contributed by atoms with Gasteiger partial charge in [0, 0.05) is 35.3 Å². The molecule has 0 amide bonds. The number of nitrogens with zero attached hydrogens (tertiary/aromatic N) is 5. The maximum absolute atomic E-state index is 5.19. The Labute approximate surface area is 156 Å². The van der Waals surface area contributed by atoms with E-state index in [4.69, 9.17) is 9.40 Å². The van der Waals surface area contributed by atoms with Crippen LogP contribution in [-0.4, -0.2) is 40.3 Å². The van der Waals surface area contributed by atoms with E-state index in [9.17, 15) is 0 Å². The molecule has 0 radical (unpaired) electrons. The van der Waals surface area contributed by atoms with Crippen LogP contribution < -0.4 is 0 Å². The lowest BCUT2D eigenvalue weighted by molar-refractivity contribution is 0.568. The van der Waals surface area contributed by atoms with E-state index in [1.54, 1.807) is 31.1 Å². The number of aromatic nitrogens is 8. The van der Waals surface area contributed by atoms with E-state index in [1.165, 1.54) is 0 Å². The fourth-order valence-corrected chi connectivity index (χ4v) is 3.31. The fraction of sp³-hybridized carbons (Fsp3) is 0. The number of rotatable bonds is 3. The first kappa shape index (κ1) is 14.9. The quantitative estimate of drug-likeness (QED) is 0.439. The van der Waals surface area contributed by atoms with Crippen molar-refractivity contribution in [3.05, 3.63) is 55.5 Å². The van der Waals surface area contributed by atoms with Crippen molar-refractivity contribution in [2.45, 2.75) is 0 Å². The summed E-state index contributed by atoms with van der Waals surface area (Å²) in [5.41, 5.74) is 6.55. The highest BCUT2D eigenvalue weighted by atomic mass is 16.3. The van der Waals surface area contributed by atoms with E-state index in [1.807, 2.05) is 24.4 Å². The van der Waals surface area contributed by atoms with Crippen molar-refractivity contribution in [1.82, 2.24) is 40.3 Å². The lowest BCUT2D eigenvalue weighted by atomic mass is 10.1. The van der Waals surface area contributed by atoms with Gasteiger partial charge in [0.15, 0.2) is 11.5 Å². The standard InChI is InChI=1S/C19H12N8O/c1-3-20-15(10-2-4-28-9-10)17-14(1)24-19(25-17)16-13-5-11(12-7-22-23-8-12)6-21-18(13)27-26-16/h1-9H,(H,22,23)(H,24,25)(H,21,26,27). The minimum atomic E-state index is 0.644. The maximum Gasteiger partial charge on any atom is 0.159 e. The van der Waals surface area contributed by atoms with Crippen molar-refractivity contribution < 1.29 is 4.42 Å².